The van der Waals surface area contributed by atoms with E-state index in [2.05, 4.69) is 32.5 Å². The number of nitrogens with one attached hydrogen (secondary N) is 2. The number of rotatable bonds is 6. The van der Waals surface area contributed by atoms with Gasteiger partial charge in [-0.3, -0.25) is 9.59 Å². The number of aromatic nitrogens is 1. The van der Waals surface area contributed by atoms with Gasteiger partial charge in [0.1, 0.15) is 11.9 Å². The van der Waals surface area contributed by atoms with E-state index in [-0.39, 0.29) is 23.1 Å². The summed E-state index contributed by atoms with van der Waals surface area (Å²) in [5, 5.41) is 6.17. The number of carbonyl (C=O) groups is 2. The van der Waals surface area contributed by atoms with Crippen molar-refractivity contribution in [3.8, 4) is 0 Å². The minimum absolute atomic E-state index is 0.0143. The van der Waals surface area contributed by atoms with E-state index in [1.807, 2.05) is 26.0 Å². The van der Waals surface area contributed by atoms with Crippen molar-refractivity contribution < 1.29 is 9.59 Å². The molecule has 4 bridgehead atoms. The molecule has 0 radical (unpaired) electrons. The Morgan fingerprint density at radius 3 is 2.12 bits per heavy atom. The molecule has 5 aliphatic rings. The second-order valence-electron chi connectivity index (χ2n) is 11.6. The molecule has 2 heterocycles. The highest BCUT2D eigenvalue weighted by Gasteiger charge is 2.55. The summed E-state index contributed by atoms with van der Waals surface area (Å²) in [7, 11) is 2.14. The van der Waals surface area contributed by atoms with E-state index in [9.17, 15) is 9.59 Å². The minimum Gasteiger partial charge on any atom is -0.354 e. The minimum atomic E-state index is -0.539. The Morgan fingerprint density at radius 1 is 1.00 bits per heavy atom. The Labute approximate surface area is 197 Å². The molecule has 0 spiro atoms. The number of anilines is 2. The standard InChI is InChI=1S/C26H39N5O2/c1-17(2)23(29-25(33)26-13-18-10-19(14-26)12-20(11-18)15-26)24(32)28-21-4-5-22(27-16-21)31-8-6-30(3)7-9-31/h4-5,16-20,23H,6-15H2,1-3H3,(H,28,32)(H,29,33). The molecule has 4 saturated carbocycles. The van der Waals surface area contributed by atoms with E-state index in [0.717, 1.165) is 51.3 Å². The normalized spacial score (nSPS) is 32.1. The van der Waals surface area contributed by atoms with Crippen molar-refractivity contribution in [3.05, 3.63) is 18.3 Å². The van der Waals surface area contributed by atoms with Crippen molar-refractivity contribution in [1.29, 1.82) is 0 Å². The first-order chi connectivity index (χ1) is 15.8. The lowest BCUT2D eigenvalue weighted by atomic mass is 9.49. The van der Waals surface area contributed by atoms with Crippen LogP contribution in [0.2, 0.25) is 0 Å². The lowest BCUT2D eigenvalue weighted by Gasteiger charge is -2.55. The Hall–Kier alpha value is -2.15. The van der Waals surface area contributed by atoms with Gasteiger partial charge in [0.15, 0.2) is 0 Å². The van der Waals surface area contributed by atoms with Gasteiger partial charge in [0.25, 0.3) is 0 Å². The van der Waals surface area contributed by atoms with Crippen molar-refractivity contribution in [3.63, 3.8) is 0 Å². The summed E-state index contributed by atoms with van der Waals surface area (Å²) in [5.41, 5.74) is 0.432. The number of hydrogen-bond acceptors (Lipinski definition) is 5. The van der Waals surface area contributed by atoms with Crippen LogP contribution in [0.3, 0.4) is 0 Å². The Bertz CT molecular complexity index is 840. The third-order valence-corrected chi connectivity index (χ3v) is 8.60. The van der Waals surface area contributed by atoms with Gasteiger partial charge in [0.2, 0.25) is 11.8 Å². The van der Waals surface area contributed by atoms with Crippen molar-refractivity contribution in [2.75, 3.05) is 43.4 Å². The van der Waals surface area contributed by atoms with E-state index in [0.29, 0.717) is 23.4 Å². The molecule has 6 rings (SSSR count). The highest BCUT2D eigenvalue weighted by atomic mass is 16.2. The predicted octanol–water partition coefficient (Wildman–Crippen LogP) is 3.13. The molecule has 5 fully saturated rings. The van der Waals surface area contributed by atoms with Crippen LogP contribution >= 0.6 is 0 Å². The molecule has 2 amide bonds. The first-order valence-electron chi connectivity index (χ1n) is 12.8. The average molecular weight is 454 g/mol. The average Bonchev–Trinajstić information content (AvgIpc) is 2.77. The highest BCUT2D eigenvalue weighted by Crippen LogP contribution is 2.60. The number of hydrogen-bond donors (Lipinski definition) is 2. The fourth-order valence-corrected chi connectivity index (χ4v) is 7.12. The summed E-state index contributed by atoms with van der Waals surface area (Å²) in [4.78, 5) is 35.8. The summed E-state index contributed by atoms with van der Waals surface area (Å²) >= 11 is 0. The van der Waals surface area contributed by atoms with Gasteiger partial charge in [-0.15, -0.1) is 0 Å². The number of likely N-dealkylation sites (N-methyl/N-ethyl adjacent to an activating group) is 1. The molecule has 1 unspecified atom stereocenters. The molecule has 2 N–H and O–H groups in total. The lowest BCUT2D eigenvalue weighted by Crippen LogP contribution is -2.57. The zero-order chi connectivity index (χ0) is 23.2. The highest BCUT2D eigenvalue weighted by molar-refractivity contribution is 5.98. The van der Waals surface area contributed by atoms with Crippen LogP contribution in [-0.2, 0) is 9.59 Å². The molecule has 180 valence electrons. The molecular formula is C26H39N5O2. The fourth-order valence-electron chi connectivity index (χ4n) is 7.12. The number of nitrogens with zero attached hydrogens (tertiary/aromatic N) is 3. The molecule has 1 saturated heterocycles. The van der Waals surface area contributed by atoms with E-state index in [1.165, 1.54) is 19.3 Å². The van der Waals surface area contributed by atoms with Gasteiger partial charge in [0, 0.05) is 31.6 Å². The number of amides is 2. The predicted molar refractivity (Wildman–Crippen MR) is 130 cm³/mol. The molecule has 1 aromatic rings. The number of piperazine rings is 1. The first kappa shape index (κ1) is 22.6. The maximum Gasteiger partial charge on any atom is 0.247 e. The van der Waals surface area contributed by atoms with Crippen LogP contribution in [-0.4, -0.2) is 61.0 Å². The maximum absolute atomic E-state index is 13.5. The summed E-state index contributed by atoms with van der Waals surface area (Å²) in [6, 6.07) is 3.35. The largest absolute Gasteiger partial charge is 0.354 e. The zero-order valence-corrected chi connectivity index (χ0v) is 20.3. The van der Waals surface area contributed by atoms with Crippen molar-refractivity contribution >= 4 is 23.3 Å². The van der Waals surface area contributed by atoms with Gasteiger partial charge >= 0.3 is 0 Å². The summed E-state index contributed by atoms with van der Waals surface area (Å²) in [6.45, 7) is 7.97. The smallest absolute Gasteiger partial charge is 0.247 e. The summed E-state index contributed by atoms with van der Waals surface area (Å²) in [6.07, 6.45) is 8.66. The quantitative estimate of drug-likeness (QED) is 0.692. The SMILES string of the molecule is CC(C)C(NC(=O)C12CC3CC(CC(C3)C1)C2)C(=O)Nc1ccc(N2CCN(C)CC2)nc1. The second-order valence-corrected chi connectivity index (χ2v) is 11.6. The van der Waals surface area contributed by atoms with Crippen LogP contribution in [0, 0.1) is 29.1 Å². The Morgan fingerprint density at radius 2 is 1.61 bits per heavy atom. The van der Waals surface area contributed by atoms with Gasteiger partial charge in [-0.05, 0) is 81.4 Å². The lowest BCUT2D eigenvalue weighted by molar-refractivity contribution is -0.148. The third-order valence-electron chi connectivity index (χ3n) is 8.60. The van der Waals surface area contributed by atoms with E-state index in [1.54, 1.807) is 6.20 Å². The summed E-state index contributed by atoms with van der Waals surface area (Å²) < 4.78 is 0. The van der Waals surface area contributed by atoms with E-state index >= 15 is 0 Å². The molecule has 1 aromatic heterocycles. The van der Waals surface area contributed by atoms with E-state index < -0.39 is 6.04 Å². The second kappa shape index (κ2) is 8.90. The van der Waals surface area contributed by atoms with Crippen LogP contribution in [0.25, 0.3) is 0 Å². The molecule has 33 heavy (non-hydrogen) atoms. The molecule has 4 aliphatic carbocycles. The van der Waals surface area contributed by atoms with Gasteiger partial charge in [-0.25, -0.2) is 4.98 Å². The van der Waals surface area contributed by atoms with Gasteiger partial charge in [0.05, 0.1) is 11.9 Å². The van der Waals surface area contributed by atoms with Gasteiger partial charge in [-0.1, -0.05) is 13.8 Å². The van der Waals surface area contributed by atoms with E-state index in [4.69, 9.17) is 0 Å². The summed E-state index contributed by atoms with van der Waals surface area (Å²) in [5.74, 6) is 3.03. The topological polar surface area (TPSA) is 77.6 Å². The fraction of sp³-hybridized carbons (Fsp3) is 0.731. The molecule has 7 nitrogen and oxygen atoms in total. The third kappa shape index (κ3) is 4.61. The van der Waals surface area contributed by atoms with Gasteiger partial charge in [-0.2, -0.15) is 0 Å². The van der Waals surface area contributed by atoms with Crippen LogP contribution in [0.5, 0.6) is 0 Å². The Kier molecular flexibility index (Phi) is 6.10. The van der Waals surface area contributed by atoms with Crippen LogP contribution < -0.4 is 15.5 Å². The van der Waals surface area contributed by atoms with Crippen LogP contribution in [0.4, 0.5) is 11.5 Å². The molecule has 1 aliphatic heterocycles. The van der Waals surface area contributed by atoms with Crippen LogP contribution in [0.1, 0.15) is 52.4 Å². The molecule has 7 heteroatoms. The molecular weight excluding hydrogens is 414 g/mol. The molecule has 1 atom stereocenters. The van der Waals surface area contributed by atoms with Crippen molar-refractivity contribution in [2.45, 2.75) is 58.4 Å². The van der Waals surface area contributed by atoms with Gasteiger partial charge < -0.3 is 20.4 Å². The maximum atomic E-state index is 13.5. The van der Waals surface area contributed by atoms with Crippen LogP contribution in [0.15, 0.2) is 18.3 Å². The monoisotopic (exact) mass is 453 g/mol. The van der Waals surface area contributed by atoms with Crippen molar-refractivity contribution in [1.82, 2.24) is 15.2 Å². The van der Waals surface area contributed by atoms with Crippen molar-refractivity contribution in [2.24, 2.45) is 29.1 Å². The molecule has 0 aromatic carbocycles. The number of carbonyl (C=O) groups excluding carboxylic acids is 2. The zero-order valence-electron chi connectivity index (χ0n) is 20.3. The first-order valence-corrected chi connectivity index (χ1v) is 12.8. The Balaban J connectivity index is 1.22. The number of pyridine rings is 1.